The number of aromatic nitrogens is 8. The van der Waals surface area contributed by atoms with Gasteiger partial charge in [0.1, 0.15) is 51.7 Å². The van der Waals surface area contributed by atoms with Crippen LogP contribution < -0.4 is 14.2 Å². The fourth-order valence-electron chi connectivity index (χ4n) is 10.9. The summed E-state index contributed by atoms with van der Waals surface area (Å²) >= 11 is 4.62. The fourth-order valence-corrected chi connectivity index (χ4v) is 14.4. The van der Waals surface area contributed by atoms with Crippen LogP contribution in [0, 0.1) is 0 Å². The summed E-state index contributed by atoms with van der Waals surface area (Å²) < 4.78 is 26.1. The molecule has 6 heterocycles. The Morgan fingerprint density at radius 2 is 0.700 bits per heavy atom. The Morgan fingerprint density at radius 1 is 0.380 bits per heavy atom. The second-order valence-corrected chi connectivity index (χ2v) is 26.3. The van der Waals surface area contributed by atoms with Crippen molar-refractivity contribution in [3.8, 4) is 100 Å². The molecule has 0 aliphatic heterocycles. The summed E-state index contributed by atoms with van der Waals surface area (Å²) in [7, 11) is 1.72. The molecule has 6 aromatic heterocycles. The van der Waals surface area contributed by atoms with E-state index < -0.39 is 0 Å². The van der Waals surface area contributed by atoms with Crippen LogP contribution in [0.2, 0.25) is 0 Å². The van der Waals surface area contributed by atoms with Gasteiger partial charge in [0, 0.05) is 43.3 Å². The lowest BCUT2D eigenvalue weighted by atomic mass is 10.1. The number of thiophene rings is 3. The maximum atomic E-state index is 9.94. The zero-order valence-electron chi connectivity index (χ0n) is 54.4. The van der Waals surface area contributed by atoms with Gasteiger partial charge < -0.3 is 54.0 Å². The molecule has 0 amide bonds. The van der Waals surface area contributed by atoms with Crippen LogP contribution >= 0.6 is 34.0 Å². The van der Waals surface area contributed by atoms with Gasteiger partial charge in [0.2, 0.25) is 0 Å². The van der Waals surface area contributed by atoms with Gasteiger partial charge in [-0.25, -0.2) is 9.97 Å². The van der Waals surface area contributed by atoms with Gasteiger partial charge in [-0.1, -0.05) is 68.5 Å². The van der Waals surface area contributed by atoms with Crippen LogP contribution in [0.5, 0.6) is 69.0 Å². The fraction of sp³-hybridized carbons (Fsp3) is 0.0875. The van der Waals surface area contributed by atoms with Crippen molar-refractivity contribution in [1.82, 2.24) is 39.3 Å². The first kappa shape index (κ1) is 66.4. The monoisotopic (exact) mass is 1380 g/mol. The number of nitrogens with zero attached hydrogens (tertiary/aromatic N) is 8. The maximum absolute atomic E-state index is 9.94. The van der Waals surface area contributed by atoms with E-state index in [2.05, 4.69) is 72.7 Å². The van der Waals surface area contributed by atoms with Crippen LogP contribution in [0.1, 0.15) is 60.6 Å². The third-order valence-corrected chi connectivity index (χ3v) is 19.4. The Kier molecular flexibility index (Phi) is 20.2. The molecule has 17 nitrogen and oxygen atoms in total. The van der Waals surface area contributed by atoms with Crippen molar-refractivity contribution in [2.45, 2.75) is 39.8 Å². The van der Waals surface area contributed by atoms with E-state index in [1.165, 1.54) is 16.1 Å². The smallest absolute Gasteiger partial charge is 0.197 e. The molecule has 0 saturated carbocycles. The molecule has 9 aromatic carbocycles. The standard InChI is InChI=1S/2C28H24N2O3S.C24H18N4O3S/c2*1-2-15-30-18-29-17-21(30)8-3-19-4-12-24(13-5-19)33-27-25-14-11-23(32)16-26(25)34-28(27)20-6-9-22(31)10-7-20;1-28-26-22(25-27-28)13-4-15-2-10-19(11-3-15)31-23-20-12-9-18(30)14-21(20)32-24(23)16-5-7-17(29)8-6-16/h2*3-14,16-18,31-32H,2,15H2,1H3;2-14,29-30H,1H3/b2*8-3+;13-4+. The molecule has 0 atom stereocenters. The summed E-state index contributed by atoms with van der Waals surface area (Å²) in [5.41, 5.74) is 8.07. The van der Waals surface area contributed by atoms with Crippen LogP contribution in [-0.2, 0) is 20.1 Å². The Balaban J connectivity index is 0.000000134. The van der Waals surface area contributed by atoms with Crippen LogP contribution in [0.15, 0.2) is 225 Å². The van der Waals surface area contributed by atoms with E-state index in [9.17, 15) is 30.6 Å². The van der Waals surface area contributed by atoms with E-state index in [0.29, 0.717) is 17.3 Å². The highest BCUT2D eigenvalue weighted by Crippen LogP contribution is 2.50. The summed E-state index contributed by atoms with van der Waals surface area (Å²) in [6, 6.07) is 60.5. The average Bonchev–Trinajstić information content (AvgIpc) is 1.64. The second-order valence-electron chi connectivity index (χ2n) is 23.1. The molecular formula is C80H66N8O9S3. The summed E-state index contributed by atoms with van der Waals surface area (Å²) in [4.78, 5) is 12.7. The number of phenolic OH excluding ortho intramolecular Hbond substituents is 6. The van der Waals surface area contributed by atoms with Crippen molar-refractivity contribution in [3.05, 3.63) is 259 Å². The summed E-state index contributed by atoms with van der Waals surface area (Å²) in [6.45, 7) is 6.20. The number of phenols is 6. The van der Waals surface area contributed by atoms with Crippen molar-refractivity contribution in [1.29, 1.82) is 0 Å². The molecule has 0 fully saturated rings. The summed E-state index contributed by atoms with van der Waals surface area (Å²) in [5, 5.41) is 73.4. The lowest BCUT2D eigenvalue weighted by Gasteiger charge is -2.09. The van der Waals surface area contributed by atoms with Gasteiger partial charge in [0.15, 0.2) is 23.1 Å². The number of rotatable bonds is 19. The van der Waals surface area contributed by atoms with Crippen molar-refractivity contribution >= 4 is 101 Å². The molecule has 100 heavy (non-hydrogen) atoms. The first-order valence-electron chi connectivity index (χ1n) is 32.0. The molecule has 15 aromatic rings. The molecule has 0 spiro atoms. The molecular weight excluding hydrogens is 1310 g/mol. The van der Waals surface area contributed by atoms with Crippen LogP contribution in [0.25, 0.3) is 98.0 Å². The number of imidazole rings is 2. The zero-order chi connectivity index (χ0) is 69.1. The Bertz CT molecular complexity index is 5160. The number of ether oxygens (including phenoxy) is 3. The van der Waals surface area contributed by atoms with Gasteiger partial charge in [-0.3, -0.25) is 0 Å². The number of aromatic hydroxyl groups is 6. The van der Waals surface area contributed by atoms with E-state index in [1.807, 2.05) is 159 Å². The first-order chi connectivity index (χ1) is 48.8. The van der Waals surface area contributed by atoms with E-state index in [1.54, 1.807) is 109 Å². The molecule has 0 aliphatic carbocycles. The first-order valence-corrected chi connectivity index (χ1v) is 34.5. The van der Waals surface area contributed by atoms with Gasteiger partial charge in [-0.2, -0.15) is 4.80 Å². The predicted octanol–water partition coefficient (Wildman–Crippen LogP) is 20.6. The molecule has 0 radical (unpaired) electrons. The van der Waals surface area contributed by atoms with Crippen LogP contribution in [-0.4, -0.2) is 69.9 Å². The normalized spacial score (nSPS) is 11.4. The largest absolute Gasteiger partial charge is 0.508 e. The Labute approximate surface area is 587 Å². The highest BCUT2D eigenvalue weighted by Gasteiger charge is 2.21. The minimum absolute atomic E-state index is 0.204. The molecule has 0 saturated heterocycles. The number of fused-ring (bicyclic) bond motifs is 3. The summed E-state index contributed by atoms with van der Waals surface area (Å²) in [6.07, 6.45) is 21.6. The topological polar surface area (TPSA) is 228 Å². The molecule has 15 rings (SSSR count). The molecule has 0 aliphatic rings. The Morgan fingerprint density at radius 3 is 1.01 bits per heavy atom. The molecule has 6 N–H and O–H groups in total. The van der Waals surface area contributed by atoms with Gasteiger partial charge in [-0.15, -0.1) is 44.2 Å². The van der Waals surface area contributed by atoms with Crippen molar-refractivity contribution in [2.75, 3.05) is 0 Å². The maximum Gasteiger partial charge on any atom is 0.197 e. The van der Waals surface area contributed by atoms with Gasteiger partial charge in [0.25, 0.3) is 0 Å². The van der Waals surface area contributed by atoms with E-state index in [4.69, 9.17) is 14.2 Å². The minimum Gasteiger partial charge on any atom is -0.508 e. The van der Waals surface area contributed by atoms with E-state index in [-0.39, 0.29) is 34.5 Å². The van der Waals surface area contributed by atoms with Crippen LogP contribution in [0.3, 0.4) is 0 Å². The van der Waals surface area contributed by atoms with Crippen LogP contribution in [0.4, 0.5) is 0 Å². The lowest BCUT2D eigenvalue weighted by Crippen LogP contribution is -1.96. The van der Waals surface area contributed by atoms with Crippen molar-refractivity contribution in [2.24, 2.45) is 7.05 Å². The lowest BCUT2D eigenvalue weighted by molar-refractivity contribution is 0.474. The number of hydrogen-bond acceptors (Lipinski definition) is 17. The SMILES string of the molecule is CCCn1cncc1/C=C/c1ccc(Oc2c(-c3ccc(O)cc3)sc3cc(O)ccc23)cc1.CCCn1cncc1/C=C/c1ccc(Oc2c(-c3ccc(O)cc3)sc3cc(O)ccc23)cc1.Cn1nnc(/C=C/c2ccc(Oc3c(-c4ccc(O)cc4)sc4cc(O)ccc34)cc2)n1. The third-order valence-electron chi connectivity index (χ3n) is 15.8. The minimum atomic E-state index is 0.204. The Hall–Kier alpha value is -12.2. The highest BCUT2D eigenvalue weighted by molar-refractivity contribution is 7.23. The number of benzene rings is 9. The average molecular weight is 1380 g/mol. The number of tetrazole rings is 1. The van der Waals surface area contributed by atoms with E-state index in [0.717, 1.165) is 139 Å². The molecule has 498 valence electrons. The third kappa shape index (κ3) is 15.9. The summed E-state index contributed by atoms with van der Waals surface area (Å²) in [5.74, 6) is 6.12. The van der Waals surface area contributed by atoms with Gasteiger partial charge >= 0.3 is 0 Å². The van der Waals surface area contributed by atoms with Gasteiger partial charge in [-0.05, 0) is 233 Å². The highest BCUT2D eigenvalue weighted by atomic mass is 32.1. The molecule has 20 heteroatoms. The second kappa shape index (κ2) is 30.5. The number of aryl methyl sites for hydroxylation is 3. The quantitative estimate of drug-likeness (QED) is 0.0443. The van der Waals surface area contributed by atoms with E-state index >= 15 is 0 Å². The zero-order valence-corrected chi connectivity index (χ0v) is 56.8. The number of hydrogen-bond donors (Lipinski definition) is 6. The van der Waals surface area contributed by atoms with Crippen molar-refractivity contribution in [3.63, 3.8) is 0 Å². The molecule has 0 bridgehead atoms. The molecule has 0 unspecified atom stereocenters. The van der Waals surface area contributed by atoms with Gasteiger partial charge in [0.05, 0.1) is 58.1 Å². The predicted molar refractivity (Wildman–Crippen MR) is 402 cm³/mol. The van der Waals surface area contributed by atoms with Crippen molar-refractivity contribution < 1.29 is 44.8 Å².